The minimum absolute atomic E-state index is 0.186. The summed E-state index contributed by atoms with van der Waals surface area (Å²) in [5.74, 6) is -0.300. The highest BCUT2D eigenvalue weighted by atomic mass is 19.1. The van der Waals surface area contributed by atoms with Gasteiger partial charge in [0.25, 0.3) is 5.56 Å². The number of nitrogens with two attached hydrogens (primary N) is 1. The standard InChI is InChI=1S/C20H19FN4O/c1-3-25-19(23)14(11-22)9-17(20(25)26)16-7-6-13(10-18(16)21)15-5-4-8-24-12(15)2/h4-11,22H,3,23H2,1-2H3. The number of hydrogen-bond donors (Lipinski definition) is 2. The lowest BCUT2D eigenvalue weighted by Crippen LogP contribution is -2.25. The average molecular weight is 350 g/mol. The van der Waals surface area contributed by atoms with Crippen LogP contribution >= 0.6 is 0 Å². The van der Waals surface area contributed by atoms with Gasteiger partial charge in [0.2, 0.25) is 0 Å². The first-order valence-corrected chi connectivity index (χ1v) is 8.23. The molecular formula is C20H19FN4O. The van der Waals surface area contributed by atoms with Gasteiger partial charge in [0, 0.05) is 41.3 Å². The van der Waals surface area contributed by atoms with Gasteiger partial charge in [0.05, 0.1) is 5.56 Å². The van der Waals surface area contributed by atoms with Gasteiger partial charge in [0.1, 0.15) is 11.6 Å². The van der Waals surface area contributed by atoms with Gasteiger partial charge in [-0.15, -0.1) is 0 Å². The number of aromatic nitrogens is 2. The van der Waals surface area contributed by atoms with Crippen LogP contribution in [0.4, 0.5) is 10.2 Å². The second kappa shape index (κ2) is 6.92. The fourth-order valence-corrected chi connectivity index (χ4v) is 3.01. The molecule has 3 aromatic rings. The molecule has 0 fully saturated rings. The molecule has 2 aromatic heterocycles. The molecule has 6 heteroatoms. The van der Waals surface area contributed by atoms with E-state index >= 15 is 0 Å². The Morgan fingerprint density at radius 3 is 2.62 bits per heavy atom. The molecule has 0 atom stereocenters. The molecule has 0 aliphatic heterocycles. The summed E-state index contributed by atoms with van der Waals surface area (Å²) in [5.41, 5.74) is 8.62. The summed E-state index contributed by atoms with van der Waals surface area (Å²) >= 11 is 0. The molecule has 0 spiro atoms. The second-order valence-corrected chi connectivity index (χ2v) is 5.92. The van der Waals surface area contributed by atoms with Crippen LogP contribution in [-0.4, -0.2) is 15.8 Å². The fraction of sp³-hybridized carbons (Fsp3) is 0.150. The van der Waals surface area contributed by atoms with E-state index in [1.54, 1.807) is 31.3 Å². The van der Waals surface area contributed by atoms with E-state index in [1.807, 2.05) is 13.0 Å². The van der Waals surface area contributed by atoms with Crippen LogP contribution in [0.3, 0.4) is 0 Å². The molecule has 0 bridgehead atoms. The lowest BCUT2D eigenvalue weighted by Gasteiger charge is -2.14. The number of nitrogens with zero attached hydrogens (tertiary/aromatic N) is 2. The van der Waals surface area contributed by atoms with Crippen LogP contribution < -0.4 is 11.3 Å². The molecule has 0 radical (unpaired) electrons. The SMILES string of the molecule is CCn1c(N)c(C=N)cc(-c2ccc(-c3cccnc3C)cc2F)c1=O. The first kappa shape index (κ1) is 17.5. The third kappa shape index (κ3) is 2.90. The minimum atomic E-state index is -0.508. The molecule has 3 rings (SSSR count). The van der Waals surface area contributed by atoms with E-state index in [4.69, 9.17) is 11.1 Å². The number of nitrogen functional groups attached to an aromatic ring is 1. The first-order valence-electron chi connectivity index (χ1n) is 8.23. The maximum absolute atomic E-state index is 14.8. The summed E-state index contributed by atoms with van der Waals surface area (Å²) in [6.45, 7) is 3.98. The number of nitrogens with one attached hydrogen (secondary N) is 1. The largest absolute Gasteiger partial charge is 0.384 e. The minimum Gasteiger partial charge on any atom is -0.384 e. The van der Waals surface area contributed by atoms with E-state index in [1.165, 1.54) is 16.7 Å². The van der Waals surface area contributed by atoms with Crippen LogP contribution in [0.1, 0.15) is 18.2 Å². The van der Waals surface area contributed by atoms with E-state index in [0.29, 0.717) is 17.7 Å². The van der Waals surface area contributed by atoms with Gasteiger partial charge in [-0.05, 0) is 37.6 Å². The Morgan fingerprint density at radius 2 is 2.00 bits per heavy atom. The molecule has 1 aromatic carbocycles. The molecule has 0 unspecified atom stereocenters. The van der Waals surface area contributed by atoms with E-state index in [0.717, 1.165) is 17.5 Å². The summed E-state index contributed by atoms with van der Waals surface area (Å²) in [5, 5.41) is 7.49. The van der Waals surface area contributed by atoms with Crippen LogP contribution in [0.5, 0.6) is 0 Å². The van der Waals surface area contributed by atoms with Crippen molar-refractivity contribution in [3.05, 3.63) is 70.0 Å². The first-order chi connectivity index (χ1) is 12.5. The number of benzene rings is 1. The molecule has 5 nitrogen and oxygen atoms in total. The van der Waals surface area contributed by atoms with Crippen molar-refractivity contribution in [3.63, 3.8) is 0 Å². The van der Waals surface area contributed by atoms with Crippen molar-refractivity contribution < 1.29 is 4.39 Å². The van der Waals surface area contributed by atoms with E-state index in [2.05, 4.69) is 4.98 Å². The van der Waals surface area contributed by atoms with Crippen molar-refractivity contribution in [2.24, 2.45) is 0 Å². The van der Waals surface area contributed by atoms with Crippen molar-refractivity contribution in [3.8, 4) is 22.3 Å². The van der Waals surface area contributed by atoms with Gasteiger partial charge in [-0.1, -0.05) is 18.2 Å². The summed E-state index contributed by atoms with van der Waals surface area (Å²) in [6.07, 6.45) is 2.75. The third-order valence-corrected chi connectivity index (χ3v) is 4.41. The molecule has 2 heterocycles. The average Bonchev–Trinajstić information content (AvgIpc) is 2.63. The Balaban J connectivity index is 2.19. The topological polar surface area (TPSA) is 84.8 Å². The van der Waals surface area contributed by atoms with Crippen LogP contribution in [0.2, 0.25) is 0 Å². The van der Waals surface area contributed by atoms with Crippen molar-refractivity contribution in [2.45, 2.75) is 20.4 Å². The van der Waals surface area contributed by atoms with Gasteiger partial charge >= 0.3 is 0 Å². The smallest absolute Gasteiger partial charge is 0.260 e. The quantitative estimate of drug-likeness (QED) is 0.705. The Labute approximate surface area is 150 Å². The summed E-state index contributed by atoms with van der Waals surface area (Å²) < 4.78 is 16.2. The van der Waals surface area contributed by atoms with Crippen LogP contribution in [0.25, 0.3) is 22.3 Å². The number of anilines is 1. The van der Waals surface area contributed by atoms with Gasteiger partial charge < -0.3 is 11.1 Å². The number of pyridine rings is 2. The summed E-state index contributed by atoms with van der Waals surface area (Å²) in [7, 11) is 0. The van der Waals surface area contributed by atoms with Gasteiger partial charge in [0.15, 0.2) is 0 Å². The van der Waals surface area contributed by atoms with Crippen LogP contribution in [0.15, 0.2) is 47.4 Å². The van der Waals surface area contributed by atoms with Crippen LogP contribution in [-0.2, 0) is 6.54 Å². The van der Waals surface area contributed by atoms with Gasteiger partial charge in [-0.25, -0.2) is 4.39 Å². The predicted molar refractivity (Wildman–Crippen MR) is 102 cm³/mol. The van der Waals surface area contributed by atoms with E-state index in [9.17, 15) is 9.18 Å². The summed E-state index contributed by atoms with van der Waals surface area (Å²) in [4.78, 5) is 16.9. The number of halogens is 1. The van der Waals surface area contributed by atoms with Crippen molar-refractivity contribution in [1.29, 1.82) is 5.41 Å². The Hall–Kier alpha value is -3.28. The monoisotopic (exact) mass is 350 g/mol. The Bertz CT molecular complexity index is 1060. The predicted octanol–water partition coefficient (Wildman–Crippen LogP) is 3.62. The molecule has 0 saturated heterocycles. The molecule has 132 valence electrons. The highest BCUT2D eigenvalue weighted by molar-refractivity contribution is 5.86. The highest BCUT2D eigenvalue weighted by Gasteiger charge is 2.16. The van der Waals surface area contributed by atoms with Crippen molar-refractivity contribution >= 4 is 12.0 Å². The lowest BCUT2D eigenvalue weighted by atomic mass is 9.98. The van der Waals surface area contributed by atoms with Crippen molar-refractivity contribution in [2.75, 3.05) is 5.73 Å². The Kier molecular flexibility index (Phi) is 4.67. The van der Waals surface area contributed by atoms with Gasteiger partial charge in [-0.2, -0.15) is 0 Å². The van der Waals surface area contributed by atoms with Crippen molar-refractivity contribution in [1.82, 2.24) is 9.55 Å². The molecule has 0 aliphatic carbocycles. The normalized spacial score (nSPS) is 10.7. The van der Waals surface area contributed by atoms with Gasteiger partial charge in [-0.3, -0.25) is 14.3 Å². The number of hydrogen-bond acceptors (Lipinski definition) is 4. The molecular weight excluding hydrogens is 331 g/mol. The molecule has 0 amide bonds. The molecule has 3 N–H and O–H groups in total. The molecule has 0 aliphatic rings. The van der Waals surface area contributed by atoms with E-state index in [-0.39, 0.29) is 22.5 Å². The lowest BCUT2D eigenvalue weighted by molar-refractivity contribution is 0.631. The van der Waals surface area contributed by atoms with Crippen LogP contribution in [0, 0.1) is 18.2 Å². The number of rotatable bonds is 4. The third-order valence-electron chi connectivity index (χ3n) is 4.41. The Morgan fingerprint density at radius 1 is 1.23 bits per heavy atom. The zero-order chi connectivity index (χ0) is 18.8. The zero-order valence-electron chi connectivity index (χ0n) is 14.6. The van der Waals surface area contributed by atoms with E-state index < -0.39 is 5.82 Å². The fourth-order valence-electron chi connectivity index (χ4n) is 3.01. The molecule has 26 heavy (non-hydrogen) atoms. The number of aryl methyl sites for hydroxylation is 1. The second-order valence-electron chi connectivity index (χ2n) is 5.92. The zero-order valence-corrected chi connectivity index (χ0v) is 14.6. The maximum Gasteiger partial charge on any atom is 0.260 e. The summed E-state index contributed by atoms with van der Waals surface area (Å²) in [6, 6.07) is 9.87. The maximum atomic E-state index is 14.8. The molecule has 0 saturated carbocycles. The highest BCUT2D eigenvalue weighted by Crippen LogP contribution is 2.28.